The molecule has 1 heterocycles. The van der Waals surface area contributed by atoms with Crippen LogP contribution in [0, 0.1) is 23.0 Å². The Morgan fingerprint density at radius 2 is 1.92 bits per heavy atom. The maximum Gasteiger partial charge on any atom is 0.269 e. The molecule has 3 atom stereocenters. The van der Waals surface area contributed by atoms with Gasteiger partial charge in [0.2, 0.25) is 0 Å². The summed E-state index contributed by atoms with van der Waals surface area (Å²) in [6.07, 6.45) is 0. The molecule has 4 heteroatoms. The highest BCUT2D eigenvalue weighted by Crippen LogP contribution is 2.38. The Morgan fingerprint density at radius 1 is 1.17 bits per heavy atom. The van der Waals surface area contributed by atoms with Gasteiger partial charge in [-0.15, -0.1) is 0 Å². The molecule has 3 rings (SSSR count). The molecule has 4 nitrogen and oxygen atoms in total. The van der Waals surface area contributed by atoms with Gasteiger partial charge in [-0.05, 0) is 36.5 Å². The molecule has 1 aliphatic heterocycles. The van der Waals surface area contributed by atoms with Crippen LogP contribution in [0.25, 0.3) is 0 Å². The second-order valence-electron chi connectivity index (χ2n) is 6.91. The van der Waals surface area contributed by atoms with Crippen molar-refractivity contribution in [3.8, 4) is 0 Å². The number of nitro benzene ring substituents is 1. The van der Waals surface area contributed by atoms with Gasteiger partial charge in [0.25, 0.3) is 5.69 Å². The molecule has 2 aromatic rings. The summed E-state index contributed by atoms with van der Waals surface area (Å²) in [5.41, 5.74) is 3.94. The summed E-state index contributed by atoms with van der Waals surface area (Å²) in [6.45, 7) is 8.55. The number of nitrogens with zero attached hydrogens (tertiary/aromatic N) is 2. The van der Waals surface area contributed by atoms with Gasteiger partial charge in [0.1, 0.15) is 0 Å². The van der Waals surface area contributed by atoms with Gasteiger partial charge in [0, 0.05) is 37.2 Å². The fraction of sp³-hybridized carbons (Fsp3) is 0.400. The monoisotopic (exact) mass is 324 g/mol. The molecule has 24 heavy (non-hydrogen) atoms. The number of likely N-dealkylation sites (tertiary alicyclic amines) is 1. The van der Waals surface area contributed by atoms with E-state index in [1.807, 2.05) is 6.07 Å². The van der Waals surface area contributed by atoms with E-state index in [0.717, 1.165) is 18.7 Å². The zero-order chi connectivity index (χ0) is 17.3. The molecule has 0 aromatic heterocycles. The summed E-state index contributed by atoms with van der Waals surface area (Å²) in [5, 5.41) is 11.1. The van der Waals surface area contributed by atoms with Gasteiger partial charge >= 0.3 is 0 Å². The smallest absolute Gasteiger partial charge is 0.269 e. The van der Waals surface area contributed by atoms with Crippen molar-refractivity contribution in [2.45, 2.75) is 39.3 Å². The van der Waals surface area contributed by atoms with Gasteiger partial charge in [-0.2, -0.15) is 0 Å². The minimum absolute atomic E-state index is 0.185. The summed E-state index contributed by atoms with van der Waals surface area (Å²) in [7, 11) is 0. The number of nitro groups is 1. The minimum Gasteiger partial charge on any atom is -0.295 e. The Morgan fingerprint density at radius 3 is 2.62 bits per heavy atom. The van der Waals surface area contributed by atoms with E-state index < -0.39 is 0 Å². The van der Waals surface area contributed by atoms with Crippen LogP contribution >= 0.6 is 0 Å². The lowest BCUT2D eigenvalue weighted by atomic mass is 9.87. The lowest BCUT2D eigenvalue weighted by Gasteiger charge is -2.23. The predicted molar refractivity (Wildman–Crippen MR) is 96.1 cm³/mol. The van der Waals surface area contributed by atoms with Crippen molar-refractivity contribution in [2.24, 2.45) is 5.92 Å². The molecule has 0 radical (unpaired) electrons. The third-order valence-corrected chi connectivity index (χ3v) is 5.55. The highest BCUT2D eigenvalue weighted by atomic mass is 16.6. The Bertz CT molecular complexity index is 744. The molecule has 0 spiro atoms. The van der Waals surface area contributed by atoms with Crippen molar-refractivity contribution in [1.29, 1.82) is 0 Å². The Kier molecular flexibility index (Phi) is 4.67. The molecule has 1 aliphatic rings. The Balaban J connectivity index is 1.81. The standard InChI is InChI=1S/C20H24N2O2/c1-14-7-4-5-8-18(14)12-21-13-20(15(2)16(21)3)17-9-6-10-19(11-17)22(23)24/h4-11,15-16,20H,12-13H2,1-3H3. The van der Waals surface area contributed by atoms with Crippen LogP contribution in [-0.2, 0) is 6.54 Å². The minimum atomic E-state index is -0.308. The molecular formula is C20H24N2O2. The highest BCUT2D eigenvalue weighted by Gasteiger charge is 2.37. The van der Waals surface area contributed by atoms with Crippen LogP contribution in [0.15, 0.2) is 48.5 Å². The largest absolute Gasteiger partial charge is 0.295 e. The van der Waals surface area contributed by atoms with Gasteiger partial charge in [-0.25, -0.2) is 0 Å². The molecule has 2 aromatic carbocycles. The molecular weight excluding hydrogens is 300 g/mol. The first-order valence-corrected chi connectivity index (χ1v) is 8.50. The van der Waals surface area contributed by atoms with Gasteiger partial charge in [0.05, 0.1) is 4.92 Å². The van der Waals surface area contributed by atoms with Crippen molar-refractivity contribution in [1.82, 2.24) is 4.90 Å². The number of aryl methyl sites for hydroxylation is 1. The van der Waals surface area contributed by atoms with E-state index in [4.69, 9.17) is 0 Å². The summed E-state index contributed by atoms with van der Waals surface area (Å²) in [5.74, 6) is 0.806. The van der Waals surface area contributed by atoms with Crippen molar-refractivity contribution >= 4 is 5.69 Å². The summed E-state index contributed by atoms with van der Waals surface area (Å²) >= 11 is 0. The Labute approximate surface area is 143 Å². The van der Waals surface area contributed by atoms with Crippen molar-refractivity contribution in [3.63, 3.8) is 0 Å². The summed E-state index contributed by atoms with van der Waals surface area (Å²) in [4.78, 5) is 13.2. The molecule has 1 saturated heterocycles. The molecule has 1 fully saturated rings. The zero-order valence-electron chi connectivity index (χ0n) is 14.5. The number of rotatable bonds is 4. The van der Waals surface area contributed by atoms with E-state index in [1.54, 1.807) is 18.2 Å². The molecule has 3 unspecified atom stereocenters. The molecule has 0 N–H and O–H groups in total. The van der Waals surface area contributed by atoms with Gasteiger partial charge < -0.3 is 0 Å². The van der Waals surface area contributed by atoms with Crippen LogP contribution in [0.4, 0.5) is 5.69 Å². The highest BCUT2D eigenvalue weighted by molar-refractivity contribution is 5.37. The van der Waals surface area contributed by atoms with Crippen LogP contribution < -0.4 is 0 Å². The first-order valence-electron chi connectivity index (χ1n) is 8.50. The van der Waals surface area contributed by atoms with E-state index in [-0.39, 0.29) is 10.6 Å². The SMILES string of the molecule is Cc1ccccc1CN1CC(c2cccc([N+](=O)[O-])c2)C(C)C1C. The van der Waals surface area contributed by atoms with E-state index >= 15 is 0 Å². The Hall–Kier alpha value is -2.20. The summed E-state index contributed by atoms with van der Waals surface area (Å²) in [6, 6.07) is 16.1. The molecule has 126 valence electrons. The van der Waals surface area contributed by atoms with Crippen molar-refractivity contribution < 1.29 is 4.92 Å². The normalized spacial score (nSPS) is 24.2. The average Bonchev–Trinajstić information content (AvgIpc) is 2.85. The third kappa shape index (κ3) is 3.20. The number of hydrogen-bond acceptors (Lipinski definition) is 3. The number of non-ortho nitro benzene ring substituents is 1. The van der Waals surface area contributed by atoms with Crippen LogP contribution in [0.1, 0.15) is 36.5 Å². The fourth-order valence-corrected chi connectivity index (χ4v) is 3.75. The van der Waals surface area contributed by atoms with Crippen molar-refractivity contribution in [2.75, 3.05) is 6.54 Å². The maximum atomic E-state index is 11.1. The second-order valence-corrected chi connectivity index (χ2v) is 6.91. The van der Waals surface area contributed by atoms with E-state index in [9.17, 15) is 10.1 Å². The average molecular weight is 324 g/mol. The van der Waals surface area contributed by atoms with Crippen LogP contribution in [0.2, 0.25) is 0 Å². The molecule has 0 aliphatic carbocycles. The fourth-order valence-electron chi connectivity index (χ4n) is 3.75. The first kappa shape index (κ1) is 16.7. The zero-order valence-corrected chi connectivity index (χ0v) is 14.5. The third-order valence-electron chi connectivity index (χ3n) is 5.55. The second kappa shape index (κ2) is 6.73. The van der Waals surface area contributed by atoms with Gasteiger partial charge in [0.15, 0.2) is 0 Å². The summed E-state index contributed by atoms with van der Waals surface area (Å²) < 4.78 is 0. The first-order chi connectivity index (χ1) is 11.5. The maximum absolute atomic E-state index is 11.1. The van der Waals surface area contributed by atoms with E-state index in [1.165, 1.54) is 11.1 Å². The van der Waals surface area contributed by atoms with E-state index in [2.05, 4.69) is 49.9 Å². The van der Waals surface area contributed by atoms with Crippen LogP contribution in [0.5, 0.6) is 0 Å². The predicted octanol–water partition coefficient (Wildman–Crippen LogP) is 4.53. The molecule has 0 saturated carbocycles. The van der Waals surface area contributed by atoms with Crippen LogP contribution in [0.3, 0.4) is 0 Å². The number of hydrogen-bond donors (Lipinski definition) is 0. The topological polar surface area (TPSA) is 46.4 Å². The lowest BCUT2D eigenvalue weighted by molar-refractivity contribution is -0.384. The van der Waals surface area contributed by atoms with Gasteiger partial charge in [-0.3, -0.25) is 15.0 Å². The van der Waals surface area contributed by atoms with Gasteiger partial charge in [-0.1, -0.05) is 43.3 Å². The molecule has 0 bridgehead atoms. The number of benzene rings is 2. The lowest BCUT2D eigenvalue weighted by Crippen LogP contribution is -2.29. The van der Waals surface area contributed by atoms with Crippen molar-refractivity contribution in [3.05, 3.63) is 75.3 Å². The quantitative estimate of drug-likeness (QED) is 0.613. The van der Waals surface area contributed by atoms with E-state index in [0.29, 0.717) is 17.9 Å². The van der Waals surface area contributed by atoms with Crippen LogP contribution in [-0.4, -0.2) is 22.4 Å². The molecule has 0 amide bonds.